The Labute approximate surface area is 249 Å². The number of aromatic nitrogens is 2. The Bertz CT molecular complexity index is 1300. The number of rotatable bonds is 9. The van der Waals surface area contributed by atoms with Crippen molar-refractivity contribution in [2.75, 3.05) is 44.3 Å². The Morgan fingerprint density at radius 2 is 1.74 bits per heavy atom. The van der Waals surface area contributed by atoms with Crippen molar-refractivity contribution >= 4 is 27.8 Å². The molecule has 2 amide bonds. The first-order chi connectivity index (χ1) is 19.9. The number of carbonyl (C=O) groups is 2. The Balaban J connectivity index is 1.25. The Morgan fingerprint density at radius 3 is 2.36 bits per heavy atom. The van der Waals surface area contributed by atoms with Gasteiger partial charge >= 0.3 is 6.09 Å². The second kappa shape index (κ2) is 13.9. The molecule has 2 aromatic rings. The maximum absolute atomic E-state index is 13.4. The lowest BCUT2D eigenvalue weighted by Crippen LogP contribution is -2.46. The van der Waals surface area contributed by atoms with Gasteiger partial charge < -0.3 is 9.64 Å². The van der Waals surface area contributed by atoms with Crippen LogP contribution in [-0.2, 0) is 26.1 Å². The summed E-state index contributed by atoms with van der Waals surface area (Å²) in [6, 6.07) is 9.52. The highest BCUT2D eigenvalue weighted by Crippen LogP contribution is 2.33. The average Bonchev–Trinajstić information content (AvgIpc) is 2.93. The van der Waals surface area contributed by atoms with E-state index < -0.39 is 21.7 Å². The third-order valence-electron chi connectivity index (χ3n) is 7.85. The van der Waals surface area contributed by atoms with E-state index in [1.807, 2.05) is 56.0 Å². The molecule has 0 bridgehead atoms. The van der Waals surface area contributed by atoms with Crippen LogP contribution in [0.25, 0.3) is 0 Å². The first-order valence-electron chi connectivity index (χ1n) is 14.7. The minimum atomic E-state index is -3.31. The van der Waals surface area contributed by atoms with E-state index in [-0.39, 0.29) is 23.7 Å². The molecule has 12 heteroatoms. The van der Waals surface area contributed by atoms with Gasteiger partial charge in [0.1, 0.15) is 11.4 Å². The van der Waals surface area contributed by atoms with Crippen LogP contribution < -0.4 is 10.0 Å². The zero-order chi connectivity index (χ0) is 30.3. The zero-order valence-electron chi connectivity index (χ0n) is 25.1. The highest BCUT2D eigenvalue weighted by Gasteiger charge is 2.34. The lowest BCUT2D eigenvalue weighted by Gasteiger charge is -2.39. The number of amides is 2. The monoisotopic (exact) mass is 600 g/mol. The topological polar surface area (TPSA) is 134 Å². The molecule has 2 fully saturated rings. The summed E-state index contributed by atoms with van der Waals surface area (Å²) >= 11 is 0. The van der Waals surface area contributed by atoms with Gasteiger partial charge in [-0.2, -0.15) is 0 Å². The summed E-state index contributed by atoms with van der Waals surface area (Å²) in [4.78, 5) is 38.6. The molecule has 0 radical (unpaired) electrons. The lowest BCUT2D eigenvalue weighted by atomic mass is 9.81. The second-order valence-corrected chi connectivity index (χ2v) is 14.2. The molecule has 2 aliphatic heterocycles. The number of ether oxygens (including phenoxy) is 1. The predicted molar refractivity (Wildman–Crippen MR) is 161 cm³/mol. The number of hydrogen-bond acceptors (Lipinski definition) is 8. The summed E-state index contributed by atoms with van der Waals surface area (Å²) < 4.78 is 31.5. The van der Waals surface area contributed by atoms with Crippen LogP contribution in [-0.4, -0.2) is 84.8 Å². The summed E-state index contributed by atoms with van der Waals surface area (Å²) in [6.07, 6.45) is 7.31. The summed E-state index contributed by atoms with van der Waals surface area (Å²) in [5, 5.41) is 2.69. The maximum Gasteiger partial charge on any atom is 0.413 e. The van der Waals surface area contributed by atoms with Crippen LogP contribution in [0.1, 0.15) is 63.6 Å². The third-order valence-corrected chi connectivity index (χ3v) is 8.54. The molecule has 4 heterocycles. The van der Waals surface area contributed by atoms with E-state index in [4.69, 9.17) is 4.74 Å². The van der Waals surface area contributed by atoms with Crippen molar-refractivity contribution in [3.8, 4) is 0 Å². The number of sulfonamides is 1. The van der Waals surface area contributed by atoms with Gasteiger partial charge in [0.05, 0.1) is 6.26 Å². The number of pyridine rings is 2. The number of piperidine rings is 2. The second-order valence-electron chi connectivity index (χ2n) is 12.4. The van der Waals surface area contributed by atoms with Gasteiger partial charge in [0.15, 0.2) is 0 Å². The predicted octanol–water partition coefficient (Wildman–Crippen LogP) is 3.61. The summed E-state index contributed by atoms with van der Waals surface area (Å²) in [5.74, 6) is 0.903. The number of hydrogen-bond donors (Lipinski definition) is 2. The number of nitrogens with zero attached hydrogens (tertiary/aromatic N) is 4. The summed E-state index contributed by atoms with van der Waals surface area (Å²) in [6.45, 7) is 9.47. The van der Waals surface area contributed by atoms with Crippen molar-refractivity contribution in [3.63, 3.8) is 0 Å². The standard InChI is InChI=1S/C30H44N6O5S/c1-30(2,3)41-29(38)34-27-19-22(8-14-32-27)21-35-15-9-24(10-16-35)28(37)36-17-11-23(12-18-36)25(20-33-42(4,39)40)26-7-5-6-13-31-26/h5-8,13-14,19,23-25,33H,9-12,15-18,20-21H2,1-4H3,(H,32,34,38). The minimum Gasteiger partial charge on any atom is -0.444 e. The van der Waals surface area contributed by atoms with Crippen molar-refractivity contribution in [2.45, 2.75) is 64.5 Å². The minimum absolute atomic E-state index is 0.0122. The van der Waals surface area contributed by atoms with Crippen LogP contribution in [0.15, 0.2) is 42.7 Å². The summed E-state index contributed by atoms with van der Waals surface area (Å²) in [7, 11) is -3.31. The number of carbonyl (C=O) groups excluding carboxylic acids is 2. The molecular formula is C30H44N6O5S. The Morgan fingerprint density at radius 1 is 1.02 bits per heavy atom. The Kier molecular flexibility index (Phi) is 10.6. The lowest BCUT2D eigenvalue weighted by molar-refractivity contribution is -0.138. The molecule has 2 aliphatic rings. The van der Waals surface area contributed by atoms with Gasteiger partial charge in [-0.1, -0.05) is 6.07 Å². The van der Waals surface area contributed by atoms with Crippen LogP contribution in [0.2, 0.25) is 0 Å². The molecule has 0 aromatic carbocycles. The van der Waals surface area contributed by atoms with Crippen LogP contribution >= 0.6 is 0 Å². The third kappa shape index (κ3) is 9.74. The van der Waals surface area contributed by atoms with E-state index in [0.29, 0.717) is 32.0 Å². The van der Waals surface area contributed by atoms with E-state index in [0.717, 1.165) is 50.0 Å². The van der Waals surface area contributed by atoms with Gasteiger partial charge in [-0.25, -0.2) is 22.9 Å². The van der Waals surface area contributed by atoms with E-state index in [9.17, 15) is 18.0 Å². The van der Waals surface area contributed by atoms with Crippen molar-refractivity contribution in [2.24, 2.45) is 11.8 Å². The quantitative estimate of drug-likeness (QED) is 0.446. The van der Waals surface area contributed by atoms with Crippen LogP contribution in [0, 0.1) is 11.8 Å². The molecule has 0 saturated carbocycles. The normalized spacial score (nSPS) is 18.4. The van der Waals surface area contributed by atoms with Crippen molar-refractivity contribution < 1.29 is 22.7 Å². The van der Waals surface area contributed by atoms with Crippen molar-refractivity contribution in [1.82, 2.24) is 24.5 Å². The van der Waals surface area contributed by atoms with Gasteiger partial charge in [0.2, 0.25) is 15.9 Å². The van der Waals surface area contributed by atoms with Gasteiger partial charge in [0, 0.05) is 56.1 Å². The maximum atomic E-state index is 13.4. The molecule has 0 spiro atoms. The van der Waals surface area contributed by atoms with Crippen LogP contribution in [0.5, 0.6) is 0 Å². The first kappa shape index (κ1) is 31.8. The van der Waals surface area contributed by atoms with E-state index in [1.54, 1.807) is 12.4 Å². The molecule has 1 atom stereocenters. The number of nitrogens with one attached hydrogen (secondary N) is 2. The van der Waals surface area contributed by atoms with Crippen molar-refractivity contribution in [3.05, 3.63) is 54.0 Å². The van der Waals surface area contributed by atoms with E-state index >= 15 is 0 Å². The highest BCUT2D eigenvalue weighted by atomic mass is 32.2. The number of likely N-dealkylation sites (tertiary alicyclic amines) is 2. The number of anilines is 1. The van der Waals surface area contributed by atoms with Gasteiger partial charge in [-0.05, 0) is 95.3 Å². The SMILES string of the molecule is CC(C)(C)OC(=O)Nc1cc(CN2CCC(C(=O)N3CCC(C(CNS(C)(=O)=O)c4ccccn4)CC3)CC2)ccn1. The molecule has 42 heavy (non-hydrogen) atoms. The first-order valence-corrected chi connectivity index (χ1v) is 16.6. The molecule has 2 saturated heterocycles. The smallest absolute Gasteiger partial charge is 0.413 e. The van der Waals surface area contributed by atoms with E-state index in [2.05, 4.69) is 24.9 Å². The molecular weight excluding hydrogens is 556 g/mol. The van der Waals surface area contributed by atoms with Gasteiger partial charge in [-0.15, -0.1) is 0 Å². The van der Waals surface area contributed by atoms with Gasteiger partial charge in [-0.3, -0.25) is 20.0 Å². The van der Waals surface area contributed by atoms with Gasteiger partial charge in [0.25, 0.3) is 0 Å². The van der Waals surface area contributed by atoms with E-state index in [1.165, 1.54) is 6.26 Å². The van der Waals surface area contributed by atoms with Crippen LogP contribution in [0.3, 0.4) is 0 Å². The zero-order valence-corrected chi connectivity index (χ0v) is 25.9. The average molecular weight is 601 g/mol. The molecule has 4 rings (SSSR count). The molecule has 0 aliphatic carbocycles. The van der Waals surface area contributed by atoms with Crippen LogP contribution in [0.4, 0.5) is 10.6 Å². The fraction of sp³-hybridized carbons (Fsp3) is 0.600. The highest BCUT2D eigenvalue weighted by molar-refractivity contribution is 7.88. The molecule has 11 nitrogen and oxygen atoms in total. The van der Waals surface area contributed by atoms with Crippen molar-refractivity contribution in [1.29, 1.82) is 0 Å². The Hall–Kier alpha value is -3.09. The fourth-order valence-electron chi connectivity index (χ4n) is 5.78. The fourth-order valence-corrected chi connectivity index (χ4v) is 6.26. The summed E-state index contributed by atoms with van der Waals surface area (Å²) in [5.41, 5.74) is 1.34. The molecule has 230 valence electrons. The molecule has 1 unspecified atom stereocenters. The molecule has 2 N–H and O–H groups in total. The largest absolute Gasteiger partial charge is 0.444 e. The molecule has 2 aromatic heterocycles.